The van der Waals surface area contributed by atoms with E-state index in [2.05, 4.69) is 94.4 Å². The van der Waals surface area contributed by atoms with Crippen molar-refractivity contribution in [1.29, 1.82) is 0 Å². The Morgan fingerprint density at radius 1 is 0.967 bits per heavy atom. The third kappa shape index (κ3) is 18.4. The number of H-pyrrole nitrogens is 1. The number of hydrogen-bond donors (Lipinski definition) is 3. The van der Waals surface area contributed by atoms with Crippen molar-refractivity contribution in [2.24, 2.45) is 29.2 Å². The molecule has 0 radical (unpaired) electrons. The molecule has 1 heterocycles. The average Bonchev–Trinajstić information content (AvgIpc) is 3.18. The molecule has 0 saturated heterocycles. The molecule has 30 heavy (non-hydrogen) atoms. The van der Waals surface area contributed by atoms with E-state index < -0.39 is 0 Å². The van der Waals surface area contributed by atoms with Crippen LogP contribution in [0.15, 0.2) is 24.4 Å². The Bertz CT molecular complexity index is 573. The van der Waals surface area contributed by atoms with Crippen LogP contribution >= 0.6 is 0 Å². The summed E-state index contributed by atoms with van der Waals surface area (Å²) in [5.74, 6) is 2.18. The Balaban J connectivity index is -0.000000467. The van der Waals surface area contributed by atoms with Gasteiger partial charge in [0.2, 0.25) is 0 Å². The maximum atomic E-state index is 5.17. The minimum atomic E-state index is 0.662. The predicted molar refractivity (Wildman–Crippen MR) is 139 cm³/mol. The zero-order valence-electron chi connectivity index (χ0n) is 21.9. The summed E-state index contributed by atoms with van der Waals surface area (Å²) in [6.45, 7) is 24.5. The molecule has 5 N–H and O–H groups in total. The van der Waals surface area contributed by atoms with Crippen molar-refractivity contribution >= 4 is 16.6 Å². The third-order valence-electron chi connectivity index (χ3n) is 3.34. The van der Waals surface area contributed by atoms with Crippen LogP contribution in [0.4, 0.5) is 5.69 Å². The van der Waals surface area contributed by atoms with Gasteiger partial charge < -0.3 is 16.4 Å². The number of nitrogens with one attached hydrogen (secondary N) is 1. The van der Waals surface area contributed by atoms with Gasteiger partial charge in [0.25, 0.3) is 0 Å². The van der Waals surface area contributed by atoms with Crippen LogP contribution < -0.4 is 16.4 Å². The van der Waals surface area contributed by atoms with Gasteiger partial charge in [-0.1, -0.05) is 69.2 Å². The summed E-state index contributed by atoms with van der Waals surface area (Å²) in [7, 11) is 1.50. The zero-order chi connectivity index (χ0) is 24.1. The highest BCUT2D eigenvalue weighted by Crippen LogP contribution is 2.21. The molecule has 2 rings (SSSR count). The molecular formula is C25H53N5. The molecule has 0 amide bonds. The summed E-state index contributed by atoms with van der Waals surface area (Å²) in [6.07, 6.45) is 3.06. The molecule has 0 aliphatic heterocycles. The lowest BCUT2D eigenvalue weighted by molar-refractivity contribution is 0.606. The molecule has 1 aromatic carbocycles. The highest BCUT2D eigenvalue weighted by Gasteiger charge is 2.08. The minimum absolute atomic E-state index is 0.662. The molecule has 0 unspecified atom stereocenters. The summed E-state index contributed by atoms with van der Waals surface area (Å²) in [5.41, 5.74) is 12.1. The lowest BCUT2D eigenvalue weighted by atomic mass is 10.1. The Morgan fingerprint density at radius 3 is 1.87 bits per heavy atom. The number of hydrogen-bond acceptors (Lipinski definition) is 4. The summed E-state index contributed by atoms with van der Waals surface area (Å²) in [6, 6.07) is 6.51. The molecule has 178 valence electrons. The van der Waals surface area contributed by atoms with E-state index in [-0.39, 0.29) is 0 Å². The highest BCUT2D eigenvalue weighted by atomic mass is 15.1. The van der Waals surface area contributed by atoms with Gasteiger partial charge in [-0.15, -0.1) is 0 Å². The largest absolute Gasteiger partial charge is 0.371 e. The standard InChI is InChI=1S/C14H21N3.C4H11N.C4H10.C2H6.CH5N/c1-4-7-17(10-11(2)3)13-5-6-14-12(8-13)9-15-16-14;1-4(2)3-5;1-4(2)3;2*1-2/h5-6,8-9,11H,4,7,10H2,1-3H3,(H,15,16);4H,3,5H2,1-2H3;4H,1-3H3;1-2H3;2H2,1H3. The highest BCUT2D eigenvalue weighted by molar-refractivity contribution is 5.82. The Morgan fingerprint density at radius 2 is 1.47 bits per heavy atom. The molecule has 0 spiro atoms. The van der Waals surface area contributed by atoms with Crippen molar-refractivity contribution in [3.8, 4) is 0 Å². The Kier molecular flexibility index (Phi) is 24.4. The van der Waals surface area contributed by atoms with Crippen LogP contribution in [0, 0.1) is 17.8 Å². The van der Waals surface area contributed by atoms with Gasteiger partial charge in [0.15, 0.2) is 0 Å². The van der Waals surface area contributed by atoms with E-state index in [9.17, 15) is 0 Å². The molecule has 0 fully saturated rings. The smallest absolute Gasteiger partial charge is 0.0651 e. The van der Waals surface area contributed by atoms with Gasteiger partial charge in [0.05, 0.1) is 11.7 Å². The molecule has 1 aromatic heterocycles. The second-order valence-electron chi connectivity index (χ2n) is 8.34. The first-order valence-corrected chi connectivity index (χ1v) is 11.7. The summed E-state index contributed by atoms with van der Waals surface area (Å²) in [5, 5.41) is 8.24. The summed E-state index contributed by atoms with van der Waals surface area (Å²) in [4.78, 5) is 2.46. The lowest BCUT2D eigenvalue weighted by Gasteiger charge is -2.26. The number of nitrogens with two attached hydrogens (primary N) is 2. The molecule has 0 atom stereocenters. The Labute approximate surface area is 188 Å². The van der Waals surface area contributed by atoms with Gasteiger partial charge in [-0.25, -0.2) is 0 Å². The van der Waals surface area contributed by atoms with Crippen molar-refractivity contribution in [2.45, 2.75) is 75.7 Å². The SMILES string of the molecule is CC.CC(C)C.CC(C)CN.CCCN(CC(C)C)c1ccc2[nH]ncc2c1.CN. The number of aromatic nitrogens is 2. The van der Waals surface area contributed by atoms with Crippen molar-refractivity contribution in [1.82, 2.24) is 10.2 Å². The number of rotatable bonds is 6. The van der Waals surface area contributed by atoms with E-state index >= 15 is 0 Å². The summed E-state index contributed by atoms with van der Waals surface area (Å²) >= 11 is 0. The molecule has 0 aliphatic carbocycles. The molecule has 0 saturated carbocycles. The number of anilines is 1. The molecule has 2 aromatic rings. The van der Waals surface area contributed by atoms with E-state index in [4.69, 9.17) is 5.73 Å². The first-order chi connectivity index (χ1) is 14.2. The number of benzene rings is 1. The second kappa shape index (κ2) is 22.1. The first-order valence-electron chi connectivity index (χ1n) is 11.7. The Hall–Kier alpha value is -1.59. The fourth-order valence-electron chi connectivity index (χ4n) is 2.16. The van der Waals surface area contributed by atoms with Crippen molar-refractivity contribution in [3.05, 3.63) is 24.4 Å². The van der Waals surface area contributed by atoms with Gasteiger partial charge in [-0.3, -0.25) is 5.10 Å². The predicted octanol–water partition coefficient (Wildman–Crippen LogP) is 6.30. The van der Waals surface area contributed by atoms with E-state index in [1.54, 1.807) is 0 Å². The summed E-state index contributed by atoms with van der Waals surface area (Å²) < 4.78 is 0. The van der Waals surface area contributed by atoms with E-state index in [0.717, 1.165) is 31.1 Å². The van der Waals surface area contributed by atoms with E-state index in [1.165, 1.54) is 24.5 Å². The van der Waals surface area contributed by atoms with Crippen LogP contribution in [0.25, 0.3) is 10.9 Å². The number of fused-ring (bicyclic) bond motifs is 1. The average molecular weight is 424 g/mol. The van der Waals surface area contributed by atoms with Crippen LogP contribution in [0.2, 0.25) is 0 Å². The molecular weight excluding hydrogens is 370 g/mol. The van der Waals surface area contributed by atoms with Gasteiger partial charge >= 0.3 is 0 Å². The van der Waals surface area contributed by atoms with Crippen LogP contribution in [0.3, 0.4) is 0 Å². The van der Waals surface area contributed by atoms with Crippen LogP contribution in [0.5, 0.6) is 0 Å². The van der Waals surface area contributed by atoms with Crippen molar-refractivity contribution in [2.75, 3.05) is 31.6 Å². The van der Waals surface area contributed by atoms with Crippen molar-refractivity contribution < 1.29 is 0 Å². The fraction of sp³-hybridized carbons (Fsp3) is 0.720. The van der Waals surface area contributed by atoms with E-state index in [1.807, 2.05) is 20.0 Å². The van der Waals surface area contributed by atoms with E-state index in [0.29, 0.717) is 11.8 Å². The molecule has 0 aliphatic rings. The maximum absolute atomic E-state index is 5.17. The number of nitrogens with zero attached hydrogens (tertiary/aromatic N) is 2. The zero-order valence-corrected chi connectivity index (χ0v) is 21.9. The monoisotopic (exact) mass is 423 g/mol. The topological polar surface area (TPSA) is 84.0 Å². The molecule has 5 nitrogen and oxygen atoms in total. The van der Waals surface area contributed by atoms with Gasteiger partial charge in [-0.2, -0.15) is 5.10 Å². The van der Waals surface area contributed by atoms with Gasteiger partial charge in [0, 0.05) is 24.2 Å². The normalized spacial score (nSPS) is 9.60. The second-order valence-corrected chi connectivity index (χ2v) is 8.34. The lowest BCUT2D eigenvalue weighted by Crippen LogP contribution is -2.28. The fourth-order valence-corrected chi connectivity index (χ4v) is 2.16. The maximum Gasteiger partial charge on any atom is 0.0651 e. The van der Waals surface area contributed by atoms with Crippen LogP contribution in [0.1, 0.15) is 75.7 Å². The minimum Gasteiger partial charge on any atom is -0.371 e. The molecule has 5 heteroatoms. The van der Waals surface area contributed by atoms with Gasteiger partial charge in [-0.05, 0) is 56.0 Å². The van der Waals surface area contributed by atoms with Crippen LogP contribution in [-0.4, -0.2) is 36.9 Å². The van der Waals surface area contributed by atoms with Crippen molar-refractivity contribution in [3.63, 3.8) is 0 Å². The molecule has 0 bridgehead atoms. The number of aromatic amines is 1. The van der Waals surface area contributed by atoms with Crippen LogP contribution in [-0.2, 0) is 0 Å². The first kappa shape index (κ1) is 33.1. The third-order valence-corrected chi connectivity index (χ3v) is 3.34. The van der Waals surface area contributed by atoms with Gasteiger partial charge in [0.1, 0.15) is 0 Å². The quantitative estimate of drug-likeness (QED) is 0.509.